The van der Waals surface area contributed by atoms with Crippen molar-refractivity contribution in [2.24, 2.45) is 0 Å². The quantitative estimate of drug-likeness (QED) is 0.543. The average Bonchev–Trinajstić information content (AvgIpc) is 3.54. The summed E-state index contributed by atoms with van der Waals surface area (Å²) in [6.45, 7) is 1.64. The Kier molecular flexibility index (Phi) is 5.73. The summed E-state index contributed by atoms with van der Waals surface area (Å²) in [6.07, 6.45) is -1.54. The first-order valence-electron chi connectivity index (χ1n) is 9.67. The molecule has 7 nitrogen and oxygen atoms in total. The highest BCUT2D eigenvalue weighted by atomic mass is 79.9. The van der Waals surface area contributed by atoms with E-state index in [-0.39, 0.29) is 16.2 Å². The number of rotatable bonds is 5. The van der Waals surface area contributed by atoms with Gasteiger partial charge in [0.25, 0.3) is 5.91 Å². The molecule has 1 saturated carbocycles. The second-order valence-corrected chi connectivity index (χ2v) is 8.19. The van der Waals surface area contributed by atoms with Gasteiger partial charge in [-0.25, -0.2) is 9.97 Å². The number of carbonyl (C=O) groups excluding carboxylic acids is 1. The summed E-state index contributed by atoms with van der Waals surface area (Å²) in [6, 6.07) is 7.89. The molecule has 0 spiro atoms. The molecule has 1 unspecified atom stereocenters. The third kappa shape index (κ3) is 4.65. The minimum absolute atomic E-state index is 0.0581. The second kappa shape index (κ2) is 8.35. The lowest BCUT2D eigenvalue weighted by atomic mass is 10.0. The number of nitriles is 1. The SMILES string of the molecule is CC(NC(=O)c1cc(C2CC2)cc(C(F)(F)F)c1)c1nc(Br)nn1-c1ccc(C#N)cn1. The van der Waals surface area contributed by atoms with Gasteiger partial charge in [0.1, 0.15) is 6.07 Å². The van der Waals surface area contributed by atoms with Crippen LogP contribution in [0.3, 0.4) is 0 Å². The zero-order valence-corrected chi connectivity index (χ0v) is 18.3. The van der Waals surface area contributed by atoms with Gasteiger partial charge in [-0.1, -0.05) is 0 Å². The van der Waals surface area contributed by atoms with Gasteiger partial charge in [-0.15, -0.1) is 5.10 Å². The smallest absolute Gasteiger partial charge is 0.342 e. The molecule has 1 amide bonds. The molecule has 1 aromatic carbocycles. The Balaban J connectivity index is 1.61. The molecule has 0 aliphatic heterocycles. The lowest BCUT2D eigenvalue weighted by Gasteiger charge is -2.16. The first-order chi connectivity index (χ1) is 15.2. The van der Waals surface area contributed by atoms with E-state index in [1.54, 1.807) is 19.1 Å². The van der Waals surface area contributed by atoms with Crippen LogP contribution in [-0.2, 0) is 6.18 Å². The molecule has 11 heteroatoms. The molecule has 1 atom stereocenters. The summed E-state index contributed by atoms with van der Waals surface area (Å²) in [7, 11) is 0. The number of pyridine rings is 1. The van der Waals surface area contributed by atoms with Crippen LogP contribution in [0, 0.1) is 11.3 Å². The van der Waals surface area contributed by atoms with Crippen LogP contribution in [0.25, 0.3) is 5.82 Å². The van der Waals surface area contributed by atoms with Crippen LogP contribution in [0.2, 0.25) is 0 Å². The highest BCUT2D eigenvalue weighted by molar-refractivity contribution is 9.10. The molecule has 1 fully saturated rings. The molecule has 1 N–H and O–H groups in total. The van der Waals surface area contributed by atoms with E-state index in [0.29, 0.717) is 22.8 Å². The molecule has 2 heterocycles. The highest BCUT2D eigenvalue weighted by Crippen LogP contribution is 2.42. The summed E-state index contributed by atoms with van der Waals surface area (Å²) >= 11 is 3.19. The molecule has 164 valence electrons. The topological polar surface area (TPSA) is 96.5 Å². The number of hydrogen-bond acceptors (Lipinski definition) is 5. The van der Waals surface area contributed by atoms with Crippen molar-refractivity contribution in [2.45, 2.75) is 37.9 Å². The van der Waals surface area contributed by atoms with E-state index in [1.165, 1.54) is 16.9 Å². The number of hydrogen-bond donors (Lipinski definition) is 1. The Labute approximate surface area is 189 Å². The van der Waals surface area contributed by atoms with Gasteiger partial charge in [-0.2, -0.15) is 23.1 Å². The first kappa shape index (κ1) is 22.0. The number of benzene rings is 1. The monoisotopic (exact) mass is 504 g/mol. The highest BCUT2D eigenvalue weighted by Gasteiger charge is 2.34. The number of aromatic nitrogens is 4. The van der Waals surface area contributed by atoms with E-state index in [4.69, 9.17) is 5.26 Å². The third-order valence-electron chi connectivity index (χ3n) is 5.03. The van der Waals surface area contributed by atoms with Gasteiger partial charge in [0.05, 0.1) is 17.2 Å². The van der Waals surface area contributed by atoms with Crippen LogP contribution < -0.4 is 5.32 Å². The molecule has 1 aliphatic rings. The van der Waals surface area contributed by atoms with Gasteiger partial charge < -0.3 is 5.32 Å². The minimum atomic E-state index is -4.54. The molecule has 32 heavy (non-hydrogen) atoms. The Morgan fingerprint density at radius 1 is 1.31 bits per heavy atom. The van der Waals surface area contributed by atoms with E-state index in [0.717, 1.165) is 25.0 Å². The molecule has 1 aliphatic carbocycles. The fourth-order valence-electron chi connectivity index (χ4n) is 3.27. The number of nitrogens with zero attached hydrogens (tertiary/aromatic N) is 5. The van der Waals surface area contributed by atoms with Crippen LogP contribution >= 0.6 is 15.9 Å². The van der Waals surface area contributed by atoms with Gasteiger partial charge in [0.15, 0.2) is 11.6 Å². The van der Waals surface area contributed by atoms with Crippen LogP contribution in [0.1, 0.15) is 64.6 Å². The summed E-state index contributed by atoms with van der Waals surface area (Å²) in [5, 5.41) is 15.8. The Morgan fingerprint density at radius 2 is 2.06 bits per heavy atom. The first-order valence-corrected chi connectivity index (χ1v) is 10.5. The fourth-order valence-corrected chi connectivity index (χ4v) is 3.61. The molecule has 2 aromatic heterocycles. The summed E-state index contributed by atoms with van der Waals surface area (Å²) in [5.74, 6) is 0.0944. The van der Waals surface area contributed by atoms with Gasteiger partial charge in [0.2, 0.25) is 4.73 Å². The van der Waals surface area contributed by atoms with Crippen LogP contribution in [-0.4, -0.2) is 25.7 Å². The lowest BCUT2D eigenvalue weighted by molar-refractivity contribution is -0.137. The summed E-state index contributed by atoms with van der Waals surface area (Å²) in [4.78, 5) is 21.3. The molecule has 4 rings (SSSR count). The van der Waals surface area contributed by atoms with Crippen molar-refractivity contribution in [3.63, 3.8) is 0 Å². The van der Waals surface area contributed by atoms with Crippen LogP contribution in [0.4, 0.5) is 13.2 Å². The lowest BCUT2D eigenvalue weighted by Crippen LogP contribution is -2.29. The third-order valence-corrected chi connectivity index (χ3v) is 5.36. The average molecular weight is 505 g/mol. The van der Waals surface area contributed by atoms with Crippen molar-refractivity contribution in [1.82, 2.24) is 25.1 Å². The largest absolute Gasteiger partial charge is 0.416 e. The van der Waals surface area contributed by atoms with Crippen molar-refractivity contribution in [3.05, 3.63) is 69.3 Å². The van der Waals surface area contributed by atoms with E-state index in [1.807, 2.05) is 6.07 Å². The van der Waals surface area contributed by atoms with Gasteiger partial charge in [-0.3, -0.25) is 4.79 Å². The number of alkyl halides is 3. The van der Waals surface area contributed by atoms with Crippen molar-refractivity contribution >= 4 is 21.8 Å². The van der Waals surface area contributed by atoms with Gasteiger partial charge >= 0.3 is 6.18 Å². The fraction of sp³-hybridized carbons (Fsp3) is 0.286. The predicted octanol–water partition coefficient (Wildman–Crippen LogP) is 4.68. The minimum Gasteiger partial charge on any atom is -0.342 e. The van der Waals surface area contributed by atoms with E-state index in [2.05, 4.69) is 36.3 Å². The second-order valence-electron chi connectivity index (χ2n) is 7.48. The molecule has 3 aromatic rings. The number of halogens is 4. The maximum Gasteiger partial charge on any atom is 0.416 e. The van der Waals surface area contributed by atoms with Crippen LogP contribution in [0.15, 0.2) is 41.3 Å². The molecule has 0 saturated heterocycles. The maximum absolute atomic E-state index is 13.3. The Hall–Kier alpha value is -3.26. The van der Waals surface area contributed by atoms with Crippen molar-refractivity contribution in [3.8, 4) is 11.9 Å². The van der Waals surface area contributed by atoms with Gasteiger partial charge in [0, 0.05) is 11.8 Å². The summed E-state index contributed by atoms with van der Waals surface area (Å²) in [5.41, 5.74) is -0.0141. The Bertz CT molecular complexity index is 1210. The molecule has 0 radical (unpaired) electrons. The zero-order chi connectivity index (χ0) is 23.0. The predicted molar refractivity (Wildman–Crippen MR) is 111 cm³/mol. The van der Waals surface area contributed by atoms with Crippen molar-refractivity contribution in [1.29, 1.82) is 5.26 Å². The molecule has 0 bridgehead atoms. The van der Waals surface area contributed by atoms with Crippen molar-refractivity contribution < 1.29 is 18.0 Å². The Morgan fingerprint density at radius 3 is 2.66 bits per heavy atom. The van der Waals surface area contributed by atoms with E-state index in [9.17, 15) is 18.0 Å². The number of nitrogens with one attached hydrogen (secondary N) is 1. The standard InChI is InChI=1S/C21H16BrF3N6O/c1-11(18-29-20(22)30-31(18)17-5-2-12(9-26)10-27-17)28-19(32)15-6-14(13-3-4-13)7-16(8-15)21(23,24)25/h2,5-8,10-11,13H,3-4H2,1H3,(H,28,32). The molecular formula is C21H16BrF3N6O. The van der Waals surface area contributed by atoms with Gasteiger partial charge in [-0.05, 0) is 77.5 Å². The van der Waals surface area contributed by atoms with E-state index >= 15 is 0 Å². The van der Waals surface area contributed by atoms with E-state index < -0.39 is 23.7 Å². The normalized spacial score (nSPS) is 14.6. The summed E-state index contributed by atoms with van der Waals surface area (Å²) < 4.78 is 41.6. The van der Waals surface area contributed by atoms with Crippen LogP contribution in [0.5, 0.6) is 0 Å². The number of carbonyl (C=O) groups is 1. The number of amides is 1. The molecular weight excluding hydrogens is 489 g/mol. The maximum atomic E-state index is 13.3. The van der Waals surface area contributed by atoms with Crippen molar-refractivity contribution in [2.75, 3.05) is 0 Å². The zero-order valence-electron chi connectivity index (χ0n) is 16.7.